The molecule has 0 spiro atoms. The number of rotatable bonds is 4. The SMILES string of the molecule is CSc1sc(C(=N)N)cc1-c1nc(-c2cccc(Br)c2)cs1.Cl. The third-order valence-corrected chi connectivity index (χ3v) is 6.68. The Morgan fingerprint density at radius 2 is 2.13 bits per heavy atom. The fraction of sp³-hybridized carbons (Fsp3) is 0.0667. The lowest BCUT2D eigenvalue weighted by atomic mass is 10.2. The number of hydrogen-bond donors (Lipinski definition) is 2. The Kier molecular flexibility index (Phi) is 6.27. The van der Waals surface area contributed by atoms with E-state index in [4.69, 9.17) is 16.1 Å². The van der Waals surface area contributed by atoms with Crippen LogP contribution in [0.5, 0.6) is 0 Å². The van der Waals surface area contributed by atoms with E-state index in [1.165, 1.54) is 0 Å². The molecule has 0 aliphatic heterocycles. The van der Waals surface area contributed by atoms with Crippen molar-refractivity contribution in [2.24, 2.45) is 5.73 Å². The Morgan fingerprint density at radius 3 is 2.78 bits per heavy atom. The number of aromatic nitrogens is 1. The predicted octanol–water partition coefficient (Wildman–Crippen LogP) is 5.73. The van der Waals surface area contributed by atoms with Crippen molar-refractivity contribution < 1.29 is 0 Å². The second-order valence-corrected chi connectivity index (χ2v) is 8.38. The van der Waals surface area contributed by atoms with E-state index in [0.717, 1.165) is 35.4 Å². The second kappa shape index (κ2) is 7.81. The van der Waals surface area contributed by atoms with Crippen LogP contribution in [0, 0.1) is 5.41 Å². The fourth-order valence-corrected chi connectivity index (χ4v) is 5.10. The van der Waals surface area contributed by atoms with Crippen molar-refractivity contribution in [3.63, 3.8) is 0 Å². The molecule has 0 aliphatic rings. The van der Waals surface area contributed by atoms with Gasteiger partial charge in [0.15, 0.2) is 0 Å². The van der Waals surface area contributed by atoms with Crippen LogP contribution in [0.2, 0.25) is 0 Å². The lowest BCUT2D eigenvalue weighted by Gasteiger charge is -1.98. The summed E-state index contributed by atoms with van der Waals surface area (Å²) in [6, 6.07) is 10.1. The average Bonchev–Trinajstić information content (AvgIpc) is 3.13. The zero-order chi connectivity index (χ0) is 15.7. The first kappa shape index (κ1) is 18.5. The van der Waals surface area contributed by atoms with E-state index in [0.29, 0.717) is 0 Å². The highest BCUT2D eigenvalue weighted by Gasteiger charge is 2.15. The van der Waals surface area contributed by atoms with Crippen LogP contribution in [0.3, 0.4) is 0 Å². The van der Waals surface area contributed by atoms with E-state index in [1.807, 2.05) is 30.5 Å². The summed E-state index contributed by atoms with van der Waals surface area (Å²) in [4.78, 5) is 5.54. The van der Waals surface area contributed by atoms with Crippen LogP contribution in [0.4, 0.5) is 0 Å². The smallest absolute Gasteiger partial charge is 0.133 e. The van der Waals surface area contributed by atoms with Gasteiger partial charge in [-0.2, -0.15) is 0 Å². The van der Waals surface area contributed by atoms with E-state index in [1.54, 1.807) is 34.4 Å². The average molecular weight is 447 g/mol. The molecule has 3 nitrogen and oxygen atoms in total. The first-order valence-electron chi connectivity index (χ1n) is 6.32. The van der Waals surface area contributed by atoms with E-state index >= 15 is 0 Å². The first-order valence-corrected chi connectivity index (χ1v) is 10.0. The number of hydrogen-bond acceptors (Lipinski definition) is 5. The van der Waals surface area contributed by atoms with Crippen molar-refractivity contribution >= 4 is 68.6 Å². The largest absolute Gasteiger partial charge is 0.383 e. The summed E-state index contributed by atoms with van der Waals surface area (Å²) in [5, 5.41) is 10.6. The zero-order valence-electron chi connectivity index (χ0n) is 12.0. The molecule has 0 radical (unpaired) electrons. The maximum Gasteiger partial charge on any atom is 0.133 e. The first-order chi connectivity index (χ1) is 10.6. The van der Waals surface area contributed by atoms with Crippen molar-refractivity contribution in [2.45, 2.75) is 4.21 Å². The van der Waals surface area contributed by atoms with Crippen LogP contribution in [-0.2, 0) is 0 Å². The summed E-state index contributed by atoms with van der Waals surface area (Å²) in [5.74, 6) is 0.107. The standard InChI is InChI=1S/C15H12BrN3S3.ClH/c1-20-15-10(6-12(22-15)13(17)18)14-19-11(7-21-14)8-3-2-4-9(16)5-8;/h2-7H,1H3,(H3,17,18);1H. The summed E-state index contributed by atoms with van der Waals surface area (Å²) in [7, 11) is 0. The van der Waals surface area contributed by atoms with Crippen LogP contribution < -0.4 is 5.73 Å². The molecular weight excluding hydrogens is 434 g/mol. The molecule has 3 aromatic rings. The summed E-state index contributed by atoms with van der Waals surface area (Å²) in [5.41, 5.74) is 8.72. The molecule has 0 atom stereocenters. The van der Waals surface area contributed by atoms with Crippen LogP contribution in [-0.4, -0.2) is 17.1 Å². The number of nitrogens with two attached hydrogens (primary N) is 1. The van der Waals surface area contributed by atoms with E-state index in [-0.39, 0.29) is 18.2 Å². The minimum atomic E-state index is 0. The summed E-state index contributed by atoms with van der Waals surface area (Å²) in [6.45, 7) is 0. The monoisotopic (exact) mass is 445 g/mol. The van der Waals surface area contributed by atoms with Crippen molar-refractivity contribution in [1.29, 1.82) is 5.41 Å². The number of benzene rings is 1. The van der Waals surface area contributed by atoms with E-state index < -0.39 is 0 Å². The number of thiazole rings is 1. The number of nitrogens with one attached hydrogen (secondary N) is 1. The van der Waals surface area contributed by atoms with Gasteiger partial charge in [0.05, 0.1) is 14.8 Å². The highest BCUT2D eigenvalue weighted by atomic mass is 79.9. The summed E-state index contributed by atoms with van der Waals surface area (Å²) < 4.78 is 2.18. The molecule has 2 aromatic heterocycles. The number of nitrogens with zero attached hydrogens (tertiary/aromatic N) is 1. The van der Waals surface area contributed by atoms with Crippen molar-refractivity contribution in [2.75, 3.05) is 6.26 Å². The van der Waals surface area contributed by atoms with Gasteiger partial charge in [-0.05, 0) is 24.5 Å². The second-order valence-electron chi connectivity index (χ2n) is 4.48. The Balaban J connectivity index is 0.00000192. The molecule has 0 aliphatic carbocycles. The highest BCUT2D eigenvalue weighted by molar-refractivity contribution is 9.10. The molecule has 23 heavy (non-hydrogen) atoms. The Morgan fingerprint density at radius 1 is 1.35 bits per heavy atom. The third-order valence-electron chi connectivity index (χ3n) is 3.00. The molecule has 0 saturated heterocycles. The zero-order valence-corrected chi connectivity index (χ0v) is 16.9. The Hall–Kier alpha value is -0.860. The van der Waals surface area contributed by atoms with Crippen molar-refractivity contribution in [1.82, 2.24) is 4.98 Å². The molecule has 0 fully saturated rings. The molecule has 0 unspecified atom stereocenters. The van der Waals surface area contributed by atoms with Crippen LogP contribution in [0.1, 0.15) is 4.88 Å². The number of thiophene rings is 1. The van der Waals surface area contributed by atoms with Gasteiger partial charge in [-0.15, -0.1) is 46.8 Å². The summed E-state index contributed by atoms with van der Waals surface area (Å²) in [6.07, 6.45) is 2.03. The van der Waals surface area contributed by atoms with Gasteiger partial charge in [0.1, 0.15) is 10.8 Å². The van der Waals surface area contributed by atoms with Crippen LogP contribution in [0.25, 0.3) is 21.8 Å². The molecule has 1 aromatic carbocycles. The molecule has 3 N–H and O–H groups in total. The van der Waals surface area contributed by atoms with E-state index in [2.05, 4.69) is 27.4 Å². The van der Waals surface area contributed by atoms with Gasteiger partial charge in [0.2, 0.25) is 0 Å². The van der Waals surface area contributed by atoms with Gasteiger partial charge in [-0.25, -0.2) is 4.98 Å². The fourth-order valence-electron chi connectivity index (χ4n) is 1.99. The van der Waals surface area contributed by atoms with Gasteiger partial charge in [0.25, 0.3) is 0 Å². The number of amidine groups is 1. The Labute approximate surface area is 161 Å². The summed E-state index contributed by atoms with van der Waals surface area (Å²) >= 11 is 8.31. The maximum absolute atomic E-state index is 7.60. The normalized spacial score (nSPS) is 10.3. The molecule has 0 saturated carbocycles. The number of nitrogen functional groups attached to an aromatic ring is 1. The molecular formula is C15H13BrClN3S3. The van der Waals surface area contributed by atoms with Crippen LogP contribution in [0.15, 0.2) is 44.4 Å². The molecule has 2 heterocycles. The quantitative estimate of drug-likeness (QED) is 0.305. The molecule has 8 heteroatoms. The molecule has 0 amide bonds. The number of thioether (sulfide) groups is 1. The minimum Gasteiger partial charge on any atom is -0.383 e. The van der Waals surface area contributed by atoms with Crippen LogP contribution >= 0.6 is 62.8 Å². The van der Waals surface area contributed by atoms with E-state index in [9.17, 15) is 0 Å². The number of halogens is 2. The minimum absolute atomic E-state index is 0. The molecule has 3 rings (SSSR count). The maximum atomic E-state index is 7.60. The Bertz CT molecular complexity index is 844. The van der Waals surface area contributed by atoms with Gasteiger partial charge < -0.3 is 5.73 Å². The van der Waals surface area contributed by atoms with Gasteiger partial charge in [-0.3, -0.25) is 5.41 Å². The van der Waals surface area contributed by atoms with Crippen molar-refractivity contribution in [3.8, 4) is 21.8 Å². The topological polar surface area (TPSA) is 62.8 Å². The lowest BCUT2D eigenvalue weighted by molar-refractivity contribution is 1.39. The van der Waals surface area contributed by atoms with Crippen molar-refractivity contribution in [3.05, 3.63) is 45.1 Å². The molecule has 120 valence electrons. The lowest BCUT2D eigenvalue weighted by Crippen LogP contribution is -2.08. The third kappa shape index (κ3) is 3.97. The highest BCUT2D eigenvalue weighted by Crippen LogP contribution is 2.40. The predicted molar refractivity (Wildman–Crippen MR) is 109 cm³/mol. The molecule has 0 bridgehead atoms. The van der Waals surface area contributed by atoms with Gasteiger partial charge in [0, 0.05) is 21.0 Å². The van der Waals surface area contributed by atoms with Gasteiger partial charge >= 0.3 is 0 Å². The van der Waals surface area contributed by atoms with Gasteiger partial charge in [-0.1, -0.05) is 28.1 Å².